The number of halogens is 3. The molecule has 0 aliphatic carbocycles. The van der Waals surface area contributed by atoms with Gasteiger partial charge >= 0.3 is 0 Å². The molecule has 1 unspecified atom stereocenters. The van der Waals surface area contributed by atoms with Crippen molar-refractivity contribution in [1.82, 2.24) is 5.32 Å². The molecule has 114 valence electrons. The third kappa shape index (κ3) is 5.49. The van der Waals surface area contributed by atoms with Crippen molar-refractivity contribution in [3.8, 4) is 0 Å². The average Bonchev–Trinajstić information content (AvgIpc) is 2.80. The standard InChI is InChI=1S/C16H18BrF2NS/c1-2-5-20-14(10-15-3-4-16(17)21-15)8-11-6-12(18)9-13(19)7-11/h3-4,6-7,9,14,20H,2,5,8,10H2,1H3. The Hall–Kier alpha value is -0.780. The normalized spacial score (nSPS) is 12.6. The quantitative estimate of drug-likeness (QED) is 0.724. The van der Waals surface area contributed by atoms with Crippen molar-refractivity contribution >= 4 is 27.3 Å². The van der Waals surface area contributed by atoms with Crippen molar-refractivity contribution in [3.05, 3.63) is 56.2 Å². The molecule has 21 heavy (non-hydrogen) atoms. The Balaban J connectivity index is 2.07. The van der Waals surface area contributed by atoms with Crippen LogP contribution in [0.3, 0.4) is 0 Å². The van der Waals surface area contributed by atoms with Crippen LogP contribution in [0.5, 0.6) is 0 Å². The van der Waals surface area contributed by atoms with Gasteiger partial charge in [-0.05, 0) is 71.6 Å². The highest BCUT2D eigenvalue weighted by atomic mass is 79.9. The second-order valence-corrected chi connectivity index (χ2v) is 7.59. The Bertz CT molecular complexity index is 565. The monoisotopic (exact) mass is 373 g/mol. The minimum atomic E-state index is -0.516. The van der Waals surface area contributed by atoms with Crippen molar-refractivity contribution in [2.45, 2.75) is 32.2 Å². The number of rotatable bonds is 7. The fourth-order valence-electron chi connectivity index (χ4n) is 2.28. The Kier molecular flexibility index (Phi) is 6.33. The van der Waals surface area contributed by atoms with Crippen LogP contribution in [0.2, 0.25) is 0 Å². The summed E-state index contributed by atoms with van der Waals surface area (Å²) >= 11 is 5.15. The van der Waals surface area contributed by atoms with Crippen LogP contribution in [0.4, 0.5) is 8.78 Å². The molecule has 5 heteroatoms. The van der Waals surface area contributed by atoms with Crippen LogP contribution in [0.15, 0.2) is 34.1 Å². The Morgan fingerprint density at radius 3 is 2.43 bits per heavy atom. The summed E-state index contributed by atoms with van der Waals surface area (Å²) in [4.78, 5) is 1.26. The summed E-state index contributed by atoms with van der Waals surface area (Å²) in [6.07, 6.45) is 2.50. The molecule has 1 aromatic heterocycles. The molecular weight excluding hydrogens is 356 g/mol. The van der Waals surface area contributed by atoms with Gasteiger partial charge in [-0.15, -0.1) is 11.3 Å². The molecule has 0 amide bonds. The molecule has 1 nitrogen and oxygen atoms in total. The van der Waals surface area contributed by atoms with E-state index in [1.165, 1.54) is 17.0 Å². The fraction of sp³-hybridized carbons (Fsp3) is 0.375. The van der Waals surface area contributed by atoms with Gasteiger partial charge < -0.3 is 5.32 Å². The van der Waals surface area contributed by atoms with Crippen LogP contribution in [-0.2, 0) is 12.8 Å². The predicted octanol–water partition coefficient (Wildman–Crippen LogP) is 4.94. The van der Waals surface area contributed by atoms with Gasteiger partial charge in [-0.3, -0.25) is 0 Å². The summed E-state index contributed by atoms with van der Waals surface area (Å²) in [7, 11) is 0. The van der Waals surface area contributed by atoms with Gasteiger partial charge in [-0.1, -0.05) is 6.92 Å². The topological polar surface area (TPSA) is 12.0 Å². The highest BCUT2D eigenvalue weighted by molar-refractivity contribution is 9.11. The van der Waals surface area contributed by atoms with E-state index in [1.807, 2.05) is 6.07 Å². The van der Waals surface area contributed by atoms with E-state index in [0.717, 1.165) is 29.2 Å². The lowest BCUT2D eigenvalue weighted by atomic mass is 10.0. The van der Waals surface area contributed by atoms with Gasteiger partial charge in [0.25, 0.3) is 0 Å². The molecule has 0 bridgehead atoms. The molecule has 1 heterocycles. The molecule has 2 rings (SSSR count). The van der Waals surface area contributed by atoms with Gasteiger partial charge in [0.05, 0.1) is 3.79 Å². The first-order valence-corrected chi connectivity index (χ1v) is 8.60. The number of nitrogens with one attached hydrogen (secondary N) is 1. The molecule has 0 aliphatic rings. The zero-order valence-corrected chi connectivity index (χ0v) is 14.2. The van der Waals surface area contributed by atoms with Gasteiger partial charge in [-0.25, -0.2) is 8.78 Å². The molecule has 0 fully saturated rings. The first-order valence-electron chi connectivity index (χ1n) is 6.99. The van der Waals surface area contributed by atoms with Crippen LogP contribution < -0.4 is 5.32 Å². The molecule has 0 aliphatic heterocycles. The number of thiophene rings is 1. The zero-order valence-electron chi connectivity index (χ0n) is 11.8. The SMILES string of the molecule is CCCNC(Cc1cc(F)cc(F)c1)Cc1ccc(Br)s1. The van der Waals surface area contributed by atoms with Crippen molar-refractivity contribution in [3.63, 3.8) is 0 Å². The molecule has 2 aromatic rings. The van der Waals surface area contributed by atoms with E-state index in [-0.39, 0.29) is 6.04 Å². The van der Waals surface area contributed by atoms with E-state index >= 15 is 0 Å². The van der Waals surface area contributed by atoms with E-state index in [2.05, 4.69) is 34.2 Å². The van der Waals surface area contributed by atoms with Gasteiger partial charge in [0.2, 0.25) is 0 Å². The van der Waals surface area contributed by atoms with E-state index in [4.69, 9.17) is 0 Å². The minimum absolute atomic E-state index is 0.177. The zero-order chi connectivity index (χ0) is 15.2. The fourth-order valence-corrected chi connectivity index (χ4v) is 3.85. The first kappa shape index (κ1) is 16.6. The maximum absolute atomic E-state index is 13.3. The molecule has 1 aromatic carbocycles. The third-order valence-electron chi connectivity index (χ3n) is 3.16. The second kappa shape index (κ2) is 8.01. The van der Waals surface area contributed by atoms with Crippen LogP contribution >= 0.6 is 27.3 Å². The summed E-state index contributed by atoms with van der Waals surface area (Å²) in [5.74, 6) is -1.03. The van der Waals surface area contributed by atoms with E-state index in [0.29, 0.717) is 12.0 Å². The molecule has 0 saturated carbocycles. The second-order valence-electron chi connectivity index (χ2n) is 5.04. The van der Waals surface area contributed by atoms with E-state index < -0.39 is 11.6 Å². The van der Waals surface area contributed by atoms with Crippen LogP contribution in [-0.4, -0.2) is 12.6 Å². The molecule has 0 saturated heterocycles. The lowest BCUT2D eigenvalue weighted by Gasteiger charge is -2.18. The van der Waals surface area contributed by atoms with Gasteiger partial charge in [0, 0.05) is 17.0 Å². The van der Waals surface area contributed by atoms with Gasteiger partial charge in [0.15, 0.2) is 0 Å². The summed E-state index contributed by atoms with van der Waals surface area (Å²) < 4.78 is 27.7. The van der Waals surface area contributed by atoms with Crippen molar-refractivity contribution in [2.75, 3.05) is 6.54 Å². The summed E-state index contributed by atoms with van der Waals surface area (Å²) in [6, 6.07) is 8.02. The lowest BCUT2D eigenvalue weighted by Crippen LogP contribution is -2.33. The molecule has 0 radical (unpaired) electrons. The maximum atomic E-state index is 13.3. The number of hydrogen-bond acceptors (Lipinski definition) is 2. The molecule has 1 N–H and O–H groups in total. The average molecular weight is 374 g/mol. The summed E-state index contributed by atoms with van der Waals surface area (Å²) in [5, 5.41) is 3.46. The van der Waals surface area contributed by atoms with E-state index in [1.54, 1.807) is 11.3 Å². The van der Waals surface area contributed by atoms with Crippen LogP contribution in [0, 0.1) is 11.6 Å². The maximum Gasteiger partial charge on any atom is 0.126 e. The highest BCUT2D eigenvalue weighted by Gasteiger charge is 2.13. The molecule has 0 spiro atoms. The largest absolute Gasteiger partial charge is 0.313 e. The van der Waals surface area contributed by atoms with Crippen molar-refractivity contribution in [1.29, 1.82) is 0 Å². The highest BCUT2D eigenvalue weighted by Crippen LogP contribution is 2.24. The van der Waals surface area contributed by atoms with Crippen molar-refractivity contribution < 1.29 is 8.78 Å². The number of benzene rings is 1. The smallest absolute Gasteiger partial charge is 0.126 e. The van der Waals surface area contributed by atoms with E-state index in [9.17, 15) is 8.78 Å². The molecule has 1 atom stereocenters. The Morgan fingerprint density at radius 2 is 1.86 bits per heavy atom. The summed E-state index contributed by atoms with van der Waals surface area (Å²) in [5.41, 5.74) is 0.691. The van der Waals surface area contributed by atoms with Crippen LogP contribution in [0.1, 0.15) is 23.8 Å². The van der Waals surface area contributed by atoms with Gasteiger partial charge in [-0.2, -0.15) is 0 Å². The predicted molar refractivity (Wildman–Crippen MR) is 87.9 cm³/mol. The van der Waals surface area contributed by atoms with Crippen molar-refractivity contribution in [2.24, 2.45) is 0 Å². The Morgan fingerprint density at radius 1 is 1.14 bits per heavy atom. The summed E-state index contributed by atoms with van der Waals surface area (Å²) in [6.45, 7) is 3.00. The molecular formula is C16H18BrF2NS. The Labute approximate surface area is 136 Å². The third-order valence-corrected chi connectivity index (χ3v) is 4.81. The van der Waals surface area contributed by atoms with Crippen LogP contribution in [0.25, 0.3) is 0 Å². The number of hydrogen-bond donors (Lipinski definition) is 1. The first-order chi connectivity index (χ1) is 10.1. The minimum Gasteiger partial charge on any atom is -0.313 e. The van der Waals surface area contributed by atoms with Gasteiger partial charge in [0.1, 0.15) is 11.6 Å². The lowest BCUT2D eigenvalue weighted by molar-refractivity contribution is 0.503.